The molecule has 0 aromatic heterocycles. The molecule has 0 saturated carbocycles. The van der Waals surface area contributed by atoms with Gasteiger partial charge in [0.15, 0.2) is 0 Å². The van der Waals surface area contributed by atoms with E-state index in [1.54, 1.807) is 31.2 Å². The van der Waals surface area contributed by atoms with Gasteiger partial charge in [0, 0.05) is 16.9 Å². The minimum atomic E-state index is -0.415. The summed E-state index contributed by atoms with van der Waals surface area (Å²) >= 11 is 3.51. The molecule has 0 spiro atoms. The van der Waals surface area contributed by atoms with Gasteiger partial charge in [-0.2, -0.15) is 0 Å². The highest BCUT2D eigenvalue weighted by molar-refractivity contribution is 9.10. The Kier molecular flexibility index (Phi) is 7.23. The maximum atomic E-state index is 12.7. The fraction of sp³-hybridized carbons (Fsp3) is 0.364. The predicted octanol–water partition coefficient (Wildman–Crippen LogP) is 4.48. The number of anilines is 1. The minimum absolute atomic E-state index is 0.0288. The van der Waals surface area contributed by atoms with Gasteiger partial charge in [-0.25, -0.2) is 4.79 Å². The number of para-hydroxylation sites is 1. The number of halogens is 1. The molecule has 0 bridgehead atoms. The number of hydrogen-bond donors (Lipinski definition) is 1. The van der Waals surface area contributed by atoms with Crippen LogP contribution in [0.3, 0.4) is 0 Å². The summed E-state index contributed by atoms with van der Waals surface area (Å²) in [4.78, 5) is 27.2. The zero-order chi connectivity index (χ0) is 19.9. The molecule has 1 amide bonds. The zero-order valence-corrected chi connectivity index (χ0v) is 17.6. The van der Waals surface area contributed by atoms with Crippen molar-refractivity contribution in [2.45, 2.75) is 26.3 Å². The van der Waals surface area contributed by atoms with Crippen molar-refractivity contribution in [1.29, 1.82) is 0 Å². The molecule has 6 heteroatoms. The van der Waals surface area contributed by atoms with Crippen molar-refractivity contribution < 1.29 is 14.3 Å². The Labute approximate surface area is 174 Å². The average molecular weight is 445 g/mol. The van der Waals surface area contributed by atoms with E-state index in [0.717, 1.165) is 36.9 Å². The molecule has 28 heavy (non-hydrogen) atoms. The smallest absolute Gasteiger partial charge is 0.340 e. The van der Waals surface area contributed by atoms with Crippen molar-refractivity contribution in [3.05, 3.63) is 64.1 Å². The number of carbonyl (C=O) groups excluding carboxylic acids is 2. The van der Waals surface area contributed by atoms with E-state index in [2.05, 4.69) is 38.3 Å². The van der Waals surface area contributed by atoms with Crippen LogP contribution in [0.15, 0.2) is 53.0 Å². The van der Waals surface area contributed by atoms with Crippen molar-refractivity contribution in [2.24, 2.45) is 5.92 Å². The molecule has 0 atom stereocenters. The SMILES string of the molecule is CCOC(=O)c1ccccc1NC(=O)C1CCN(Cc2cccc(Br)c2)CC1. The monoisotopic (exact) mass is 444 g/mol. The molecule has 148 valence electrons. The van der Waals surface area contributed by atoms with Crippen LogP contribution >= 0.6 is 15.9 Å². The third kappa shape index (κ3) is 5.42. The zero-order valence-electron chi connectivity index (χ0n) is 16.0. The molecule has 1 fully saturated rings. The number of benzene rings is 2. The molecule has 1 aliphatic heterocycles. The molecule has 1 N–H and O–H groups in total. The lowest BCUT2D eigenvalue weighted by molar-refractivity contribution is -0.121. The van der Waals surface area contributed by atoms with E-state index in [1.165, 1.54) is 5.56 Å². The lowest BCUT2D eigenvalue weighted by Crippen LogP contribution is -2.37. The van der Waals surface area contributed by atoms with Crippen LogP contribution in [0.2, 0.25) is 0 Å². The second kappa shape index (κ2) is 9.85. The van der Waals surface area contributed by atoms with Crippen LogP contribution in [-0.2, 0) is 16.1 Å². The number of rotatable bonds is 6. The summed E-state index contributed by atoms with van der Waals surface area (Å²) in [5, 5.41) is 2.93. The van der Waals surface area contributed by atoms with E-state index >= 15 is 0 Å². The normalized spacial score (nSPS) is 15.2. The second-order valence-corrected chi connectivity index (χ2v) is 7.85. The highest BCUT2D eigenvalue weighted by atomic mass is 79.9. The Bertz CT molecular complexity index is 832. The van der Waals surface area contributed by atoms with Gasteiger partial charge in [0.2, 0.25) is 5.91 Å². The highest BCUT2D eigenvalue weighted by Crippen LogP contribution is 2.23. The largest absolute Gasteiger partial charge is 0.462 e. The standard InChI is InChI=1S/C22H25BrN2O3/c1-2-28-22(27)19-8-3-4-9-20(19)24-21(26)17-10-12-25(13-11-17)15-16-6-5-7-18(23)14-16/h3-9,14,17H,2,10-13,15H2,1H3,(H,24,26). The first-order valence-electron chi connectivity index (χ1n) is 9.60. The van der Waals surface area contributed by atoms with E-state index < -0.39 is 5.97 Å². The lowest BCUT2D eigenvalue weighted by atomic mass is 9.95. The van der Waals surface area contributed by atoms with Gasteiger partial charge in [-0.05, 0) is 62.7 Å². The number of carbonyl (C=O) groups is 2. The molecule has 3 rings (SSSR count). The summed E-state index contributed by atoms with van der Waals surface area (Å²) in [5.74, 6) is -0.491. The molecule has 5 nitrogen and oxygen atoms in total. The molecule has 0 radical (unpaired) electrons. The van der Waals surface area contributed by atoms with Crippen molar-refractivity contribution >= 4 is 33.5 Å². The topological polar surface area (TPSA) is 58.6 Å². The number of esters is 1. The summed E-state index contributed by atoms with van der Waals surface area (Å²) in [5.41, 5.74) is 2.17. The number of likely N-dealkylation sites (tertiary alicyclic amines) is 1. The van der Waals surface area contributed by atoms with Gasteiger partial charge >= 0.3 is 5.97 Å². The van der Waals surface area contributed by atoms with Crippen LogP contribution in [0.1, 0.15) is 35.7 Å². The second-order valence-electron chi connectivity index (χ2n) is 6.94. The van der Waals surface area contributed by atoms with Crippen molar-refractivity contribution in [1.82, 2.24) is 4.90 Å². The highest BCUT2D eigenvalue weighted by Gasteiger charge is 2.26. The molecular formula is C22H25BrN2O3. The fourth-order valence-corrected chi connectivity index (χ4v) is 3.91. The summed E-state index contributed by atoms with van der Waals surface area (Å²) in [6, 6.07) is 15.3. The molecule has 2 aromatic carbocycles. The summed E-state index contributed by atoms with van der Waals surface area (Å²) in [6.07, 6.45) is 1.61. The van der Waals surface area contributed by atoms with Gasteiger partial charge < -0.3 is 10.1 Å². The van der Waals surface area contributed by atoms with Crippen molar-refractivity contribution in [2.75, 3.05) is 25.0 Å². The minimum Gasteiger partial charge on any atom is -0.462 e. The molecular weight excluding hydrogens is 420 g/mol. The Balaban J connectivity index is 1.55. The van der Waals surface area contributed by atoms with Gasteiger partial charge in [0.1, 0.15) is 0 Å². The first kappa shape index (κ1) is 20.6. The Morgan fingerprint density at radius 2 is 1.89 bits per heavy atom. The maximum absolute atomic E-state index is 12.7. The third-order valence-corrected chi connectivity index (χ3v) is 5.43. The average Bonchev–Trinajstić information content (AvgIpc) is 2.69. The van der Waals surface area contributed by atoms with E-state index in [-0.39, 0.29) is 11.8 Å². The summed E-state index contributed by atoms with van der Waals surface area (Å²) in [6.45, 7) is 4.71. The van der Waals surface area contributed by atoms with Gasteiger partial charge in [0.05, 0.1) is 17.9 Å². The van der Waals surface area contributed by atoms with E-state index in [4.69, 9.17) is 4.74 Å². The van der Waals surface area contributed by atoms with Crippen molar-refractivity contribution in [3.8, 4) is 0 Å². The van der Waals surface area contributed by atoms with E-state index in [1.807, 2.05) is 12.1 Å². The predicted molar refractivity (Wildman–Crippen MR) is 113 cm³/mol. The van der Waals surface area contributed by atoms with Crippen LogP contribution in [0, 0.1) is 5.92 Å². The Morgan fingerprint density at radius 3 is 2.61 bits per heavy atom. The van der Waals surface area contributed by atoms with E-state index in [9.17, 15) is 9.59 Å². The summed E-state index contributed by atoms with van der Waals surface area (Å²) in [7, 11) is 0. The Morgan fingerprint density at radius 1 is 1.14 bits per heavy atom. The first-order chi connectivity index (χ1) is 13.6. The number of hydrogen-bond acceptors (Lipinski definition) is 4. The molecule has 1 saturated heterocycles. The molecule has 1 heterocycles. The molecule has 0 unspecified atom stereocenters. The lowest BCUT2D eigenvalue weighted by Gasteiger charge is -2.31. The summed E-state index contributed by atoms with van der Waals surface area (Å²) < 4.78 is 6.16. The first-order valence-corrected chi connectivity index (χ1v) is 10.4. The van der Waals surface area contributed by atoms with Gasteiger partial charge in [-0.3, -0.25) is 9.69 Å². The van der Waals surface area contributed by atoms with Crippen LogP contribution in [0.5, 0.6) is 0 Å². The van der Waals surface area contributed by atoms with E-state index in [0.29, 0.717) is 17.9 Å². The quantitative estimate of drug-likeness (QED) is 0.667. The number of piperidine rings is 1. The molecule has 0 aliphatic carbocycles. The number of nitrogens with one attached hydrogen (secondary N) is 1. The van der Waals surface area contributed by atoms with Gasteiger partial charge in [0.25, 0.3) is 0 Å². The van der Waals surface area contributed by atoms with Crippen LogP contribution in [0.4, 0.5) is 5.69 Å². The van der Waals surface area contributed by atoms with Crippen molar-refractivity contribution in [3.63, 3.8) is 0 Å². The van der Waals surface area contributed by atoms with Gasteiger partial charge in [-0.1, -0.05) is 40.2 Å². The van der Waals surface area contributed by atoms with Gasteiger partial charge in [-0.15, -0.1) is 0 Å². The number of amides is 1. The number of ether oxygens (including phenoxy) is 1. The molecule has 2 aromatic rings. The van der Waals surface area contributed by atoms with Crippen LogP contribution in [-0.4, -0.2) is 36.5 Å². The van der Waals surface area contributed by atoms with Crippen LogP contribution < -0.4 is 5.32 Å². The Hall–Kier alpha value is -2.18. The maximum Gasteiger partial charge on any atom is 0.340 e. The molecule has 1 aliphatic rings. The van der Waals surface area contributed by atoms with Crippen LogP contribution in [0.25, 0.3) is 0 Å². The third-order valence-electron chi connectivity index (χ3n) is 4.93. The number of nitrogens with zero attached hydrogens (tertiary/aromatic N) is 1. The fourth-order valence-electron chi connectivity index (χ4n) is 3.46.